The predicted molar refractivity (Wildman–Crippen MR) is 66.6 cm³/mol. The van der Waals surface area contributed by atoms with Gasteiger partial charge in [-0.2, -0.15) is 13.2 Å². The number of amides is 1. The van der Waals surface area contributed by atoms with E-state index in [0.29, 0.717) is 15.6 Å². The number of carbonyl (C=O) groups excluding carboxylic acids is 1. The summed E-state index contributed by atoms with van der Waals surface area (Å²) >= 11 is 11.6. The molecular formula is C11H5Cl2F3N2O2. The molecule has 20 heavy (non-hydrogen) atoms. The molecule has 106 valence electrons. The van der Waals surface area contributed by atoms with E-state index < -0.39 is 18.0 Å². The van der Waals surface area contributed by atoms with Crippen molar-refractivity contribution in [2.45, 2.75) is 6.18 Å². The first-order valence-electron chi connectivity index (χ1n) is 5.06. The first kappa shape index (κ1) is 14.7. The van der Waals surface area contributed by atoms with Crippen LogP contribution in [0.25, 0.3) is 11.5 Å². The topological polar surface area (TPSA) is 55.1 Å². The normalized spacial score (nSPS) is 11.4. The summed E-state index contributed by atoms with van der Waals surface area (Å²) in [6, 6.07) is 4.41. The van der Waals surface area contributed by atoms with Gasteiger partial charge in [0.1, 0.15) is 0 Å². The van der Waals surface area contributed by atoms with Crippen molar-refractivity contribution in [1.29, 1.82) is 0 Å². The SMILES string of the molecule is O=C(Nc1cnc(-c2cc(Cl)cc(Cl)c2)o1)C(F)(F)F. The number of aromatic nitrogens is 1. The third-order valence-corrected chi connectivity index (χ3v) is 2.55. The molecule has 0 aliphatic heterocycles. The Hall–Kier alpha value is -1.73. The summed E-state index contributed by atoms with van der Waals surface area (Å²) in [4.78, 5) is 14.5. The van der Waals surface area contributed by atoms with E-state index in [1.165, 1.54) is 18.2 Å². The molecule has 1 N–H and O–H groups in total. The maximum absolute atomic E-state index is 12.1. The molecule has 1 heterocycles. The molecule has 0 atom stereocenters. The fraction of sp³-hybridized carbons (Fsp3) is 0.0909. The van der Waals surface area contributed by atoms with E-state index in [1.54, 1.807) is 5.32 Å². The highest BCUT2D eigenvalue weighted by atomic mass is 35.5. The van der Waals surface area contributed by atoms with Gasteiger partial charge in [0.25, 0.3) is 0 Å². The number of anilines is 1. The van der Waals surface area contributed by atoms with E-state index in [4.69, 9.17) is 27.6 Å². The monoisotopic (exact) mass is 324 g/mol. The lowest BCUT2D eigenvalue weighted by Crippen LogP contribution is -2.29. The number of carbonyl (C=O) groups is 1. The van der Waals surface area contributed by atoms with Gasteiger partial charge in [0.15, 0.2) is 0 Å². The molecule has 1 aromatic heterocycles. The molecule has 0 fully saturated rings. The quantitative estimate of drug-likeness (QED) is 0.902. The molecule has 1 aromatic carbocycles. The molecule has 9 heteroatoms. The van der Waals surface area contributed by atoms with Crippen LogP contribution in [0.4, 0.5) is 19.1 Å². The molecule has 2 rings (SSSR count). The van der Waals surface area contributed by atoms with Gasteiger partial charge in [-0.25, -0.2) is 4.98 Å². The number of nitrogens with one attached hydrogen (secondary N) is 1. The molecule has 0 radical (unpaired) electrons. The number of benzene rings is 1. The third kappa shape index (κ3) is 3.43. The van der Waals surface area contributed by atoms with Crippen LogP contribution in [0, 0.1) is 0 Å². The molecule has 0 aliphatic carbocycles. The Kier molecular flexibility index (Phi) is 3.92. The molecular weight excluding hydrogens is 320 g/mol. The molecule has 0 bridgehead atoms. The van der Waals surface area contributed by atoms with Gasteiger partial charge in [-0.3, -0.25) is 10.1 Å². The Balaban J connectivity index is 2.23. The highest BCUT2D eigenvalue weighted by Gasteiger charge is 2.39. The predicted octanol–water partition coefficient (Wildman–Crippen LogP) is 4.15. The smallest absolute Gasteiger partial charge is 0.420 e. The van der Waals surface area contributed by atoms with E-state index in [-0.39, 0.29) is 5.89 Å². The number of hydrogen-bond acceptors (Lipinski definition) is 3. The molecule has 0 aliphatic rings. The third-order valence-electron chi connectivity index (χ3n) is 2.11. The second kappa shape index (κ2) is 5.34. The lowest BCUT2D eigenvalue weighted by molar-refractivity contribution is -0.167. The summed E-state index contributed by atoms with van der Waals surface area (Å²) in [7, 11) is 0. The first-order chi connectivity index (χ1) is 9.25. The van der Waals surface area contributed by atoms with Crippen molar-refractivity contribution in [3.05, 3.63) is 34.4 Å². The average Bonchev–Trinajstić information content (AvgIpc) is 2.75. The van der Waals surface area contributed by atoms with Gasteiger partial charge in [0.05, 0.1) is 6.20 Å². The summed E-state index contributed by atoms with van der Waals surface area (Å²) < 4.78 is 41.2. The highest BCUT2D eigenvalue weighted by molar-refractivity contribution is 6.35. The van der Waals surface area contributed by atoms with E-state index in [2.05, 4.69) is 4.98 Å². The van der Waals surface area contributed by atoms with Gasteiger partial charge in [-0.15, -0.1) is 0 Å². The molecule has 4 nitrogen and oxygen atoms in total. The molecule has 2 aromatic rings. The van der Waals surface area contributed by atoms with Crippen LogP contribution in [0.2, 0.25) is 10.0 Å². The van der Waals surface area contributed by atoms with Crippen molar-refractivity contribution < 1.29 is 22.4 Å². The number of hydrogen-bond donors (Lipinski definition) is 1. The van der Waals surface area contributed by atoms with E-state index in [9.17, 15) is 18.0 Å². The maximum atomic E-state index is 12.1. The summed E-state index contributed by atoms with van der Waals surface area (Å²) in [6.07, 6.45) is -4.06. The number of nitrogens with zero attached hydrogens (tertiary/aromatic N) is 1. The van der Waals surface area contributed by atoms with Crippen molar-refractivity contribution >= 4 is 35.0 Å². The summed E-state index contributed by atoms with van der Waals surface area (Å²) in [6.45, 7) is 0. The van der Waals surface area contributed by atoms with Gasteiger partial charge in [0, 0.05) is 15.6 Å². The van der Waals surface area contributed by atoms with Gasteiger partial charge in [-0.1, -0.05) is 23.2 Å². The Bertz CT molecular complexity index is 635. The largest absolute Gasteiger partial charge is 0.471 e. The van der Waals surface area contributed by atoms with Crippen LogP contribution in [0.15, 0.2) is 28.8 Å². The number of oxazole rings is 1. The summed E-state index contributed by atoms with van der Waals surface area (Å²) in [5.74, 6) is -2.60. The zero-order valence-corrected chi connectivity index (χ0v) is 11.0. The molecule has 0 unspecified atom stereocenters. The average molecular weight is 325 g/mol. The number of rotatable bonds is 2. The van der Waals surface area contributed by atoms with Gasteiger partial charge >= 0.3 is 12.1 Å². The fourth-order valence-electron chi connectivity index (χ4n) is 1.33. The zero-order chi connectivity index (χ0) is 14.9. The molecule has 0 saturated carbocycles. The van der Waals surface area contributed by atoms with Gasteiger partial charge < -0.3 is 4.42 Å². The Morgan fingerprint density at radius 2 is 1.80 bits per heavy atom. The van der Waals surface area contributed by atoms with E-state index in [0.717, 1.165) is 6.20 Å². The fourth-order valence-corrected chi connectivity index (χ4v) is 1.85. The van der Waals surface area contributed by atoms with Crippen molar-refractivity contribution in [2.75, 3.05) is 5.32 Å². The molecule has 0 spiro atoms. The van der Waals surface area contributed by atoms with E-state index >= 15 is 0 Å². The second-order valence-corrected chi connectivity index (χ2v) is 4.51. The van der Waals surface area contributed by atoms with Crippen molar-refractivity contribution in [3.63, 3.8) is 0 Å². The zero-order valence-electron chi connectivity index (χ0n) is 9.46. The van der Waals surface area contributed by atoms with Gasteiger partial charge in [-0.05, 0) is 18.2 Å². The minimum Gasteiger partial charge on any atom is -0.420 e. The van der Waals surface area contributed by atoms with Gasteiger partial charge in [0.2, 0.25) is 11.8 Å². The van der Waals surface area contributed by atoms with Crippen molar-refractivity contribution in [3.8, 4) is 11.5 Å². The van der Waals surface area contributed by atoms with E-state index in [1.807, 2.05) is 0 Å². The van der Waals surface area contributed by atoms with Crippen molar-refractivity contribution in [2.24, 2.45) is 0 Å². The van der Waals surface area contributed by atoms with Crippen LogP contribution in [0.3, 0.4) is 0 Å². The number of alkyl halides is 3. The van der Waals surface area contributed by atoms with Crippen LogP contribution >= 0.6 is 23.2 Å². The lowest BCUT2D eigenvalue weighted by Gasteiger charge is -2.04. The van der Waals surface area contributed by atoms with Crippen LogP contribution in [-0.4, -0.2) is 17.1 Å². The maximum Gasteiger partial charge on any atom is 0.471 e. The Morgan fingerprint density at radius 1 is 1.20 bits per heavy atom. The minimum absolute atomic E-state index is 0.0214. The van der Waals surface area contributed by atoms with Crippen LogP contribution in [0.1, 0.15) is 0 Å². The first-order valence-corrected chi connectivity index (χ1v) is 5.82. The summed E-state index contributed by atoms with van der Waals surface area (Å²) in [5.41, 5.74) is 0.370. The van der Waals surface area contributed by atoms with Crippen LogP contribution in [-0.2, 0) is 4.79 Å². The lowest BCUT2D eigenvalue weighted by atomic mass is 10.2. The second-order valence-electron chi connectivity index (χ2n) is 3.64. The molecule has 0 saturated heterocycles. The van der Waals surface area contributed by atoms with Crippen LogP contribution in [0.5, 0.6) is 0 Å². The summed E-state index contributed by atoms with van der Waals surface area (Å²) in [5, 5.41) is 2.17. The molecule has 1 amide bonds. The van der Waals surface area contributed by atoms with Crippen molar-refractivity contribution in [1.82, 2.24) is 4.98 Å². The Morgan fingerprint density at radius 3 is 2.35 bits per heavy atom. The Labute approximate surface area is 120 Å². The number of halogens is 5. The standard InChI is InChI=1S/C11H5Cl2F3N2O2/c12-6-1-5(2-7(13)3-6)9-17-4-8(20-9)18-10(19)11(14,15)16/h1-4H,(H,18,19). The highest BCUT2D eigenvalue weighted by Crippen LogP contribution is 2.28. The van der Waals surface area contributed by atoms with Crippen LogP contribution < -0.4 is 5.32 Å². The minimum atomic E-state index is -5.01.